The second-order valence-electron chi connectivity index (χ2n) is 10.5. The average molecular weight is 657 g/mol. The molecule has 0 saturated heterocycles. The topological polar surface area (TPSA) is 102 Å². The summed E-state index contributed by atoms with van der Waals surface area (Å²) in [5.74, 6) is -0.686. The number of aromatic nitrogens is 4. The molecule has 3 heterocycles. The van der Waals surface area contributed by atoms with E-state index in [0.717, 1.165) is 23.0 Å². The predicted octanol–water partition coefficient (Wildman–Crippen LogP) is 5.07. The molecule has 0 bridgehead atoms. The lowest BCUT2D eigenvalue weighted by atomic mass is 9.98. The van der Waals surface area contributed by atoms with E-state index in [1.54, 1.807) is 35.9 Å². The molecule has 4 aromatic rings. The van der Waals surface area contributed by atoms with Gasteiger partial charge in [-0.3, -0.25) is 14.4 Å². The van der Waals surface area contributed by atoms with Gasteiger partial charge in [-0.15, -0.1) is 0 Å². The van der Waals surface area contributed by atoms with Crippen LogP contribution in [0.2, 0.25) is 0 Å². The predicted molar refractivity (Wildman–Crippen MR) is 157 cm³/mol. The molecule has 0 aliphatic carbocycles. The van der Waals surface area contributed by atoms with Gasteiger partial charge in [-0.05, 0) is 82.1 Å². The zero-order chi connectivity index (χ0) is 31.4. The number of fused-ring (bicyclic) bond motifs is 1. The average Bonchev–Trinajstić information content (AvgIpc) is 3.23. The summed E-state index contributed by atoms with van der Waals surface area (Å²) in [5.41, 5.74) is 2.59. The maximum atomic E-state index is 14.1. The van der Waals surface area contributed by atoms with Crippen molar-refractivity contribution in [1.82, 2.24) is 29.5 Å². The van der Waals surface area contributed by atoms with Gasteiger partial charge in [0.15, 0.2) is 0 Å². The Kier molecular flexibility index (Phi) is 7.80. The molecule has 1 aliphatic rings. The Morgan fingerprint density at radius 2 is 1.70 bits per heavy atom. The van der Waals surface area contributed by atoms with Crippen molar-refractivity contribution in [3.63, 3.8) is 0 Å². The molecule has 1 aliphatic heterocycles. The summed E-state index contributed by atoms with van der Waals surface area (Å²) in [7, 11) is 1.53. The van der Waals surface area contributed by atoms with E-state index < -0.39 is 23.7 Å². The molecule has 1 N–H and O–H groups in total. The van der Waals surface area contributed by atoms with Gasteiger partial charge in [0.2, 0.25) is 5.95 Å². The number of rotatable bonds is 4. The Morgan fingerprint density at radius 3 is 2.28 bits per heavy atom. The van der Waals surface area contributed by atoms with Crippen molar-refractivity contribution in [1.29, 1.82) is 0 Å². The van der Waals surface area contributed by atoms with E-state index in [0.29, 0.717) is 22.5 Å². The van der Waals surface area contributed by atoms with Crippen molar-refractivity contribution in [2.75, 3.05) is 7.05 Å². The number of nitrogens with one attached hydrogen (secondary N) is 1. The summed E-state index contributed by atoms with van der Waals surface area (Å²) < 4.78 is 43.5. The highest BCUT2D eigenvalue weighted by Crippen LogP contribution is 2.36. The zero-order valence-corrected chi connectivity index (χ0v) is 25.6. The first-order chi connectivity index (χ1) is 20.2. The zero-order valence-electron chi connectivity index (χ0n) is 24.0. The van der Waals surface area contributed by atoms with Gasteiger partial charge in [-0.25, -0.2) is 14.2 Å². The molecule has 5 rings (SSSR count). The normalized spacial score (nSPS) is 14.9. The standard InChI is InChI=1S/C30H28BrF3N6O3/c1-15-12-22-25(14-38(15)27(42)20-8-11-24(31)23(13-20)30(32,33)34)36-29(40-18(4)16(2)17(3)37-40)39(28(22)43)21-9-6-19(7-10-21)26(41)35-5/h6-11,13,15H,12,14H2,1-5H3,(H,35,41)/t15-/m1/s1. The Bertz CT molecular complexity index is 1830. The van der Waals surface area contributed by atoms with Crippen molar-refractivity contribution in [2.45, 2.75) is 52.9 Å². The molecule has 0 unspecified atom stereocenters. The molecular formula is C30H28BrF3N6O3. The number of amides is 2. The number of aryl methyl sites for hydroxylation is 1. The van der Waals surface area contributed by atoms with Gasteiger partial charge in [0, 0.05) is 39.9 Å². The van der Waals surface area contributed by atoms with Gasteiger partial charge in [0.05, 0.1) is 29.2 Å². The molecule has 1 atom stereocenters. The molecule has 0 spiro atoms. The number of hydrogen-bond donors (Lipinski definition) is 1. The van der Waals surface area contributed by atoms with Crippen molar-refractivity contribution < 1.29 is 22.8 Å². The van der Waals surface area contributed by atoms with Crippen LogP contribution in [0, 0.1) is 20.8 Å². The number of carbonyl (C=O) groups is 2. The quantitative estimate of drug-likeness (QED) is 0.331. The Morgan fingerprint density at radius 1 is 1.05 bits per heavy atom. The monoisotopic (exact) mass is 656 g/mol. The lowest BCUT2D eigenvalue weighted by Gasteiger charge is -2.34. The first kappa shape index (κ1) is 30.2. The Labute approximate surface area is 253 Å². The molecule has 43 heavy (non-hydrogen) atoms. The highest BCUT2D eigenvalue weighted by molar-refractivity contribution is 9.10. The summed E-state index contributed by atoms with van der Waals surface area (Å²) in [4.78, 5) is 46.1. The van der Waals surface area contributed by atoms with Crippen LogP contribution in [0.4, 0.5) is 13.2 Å². The first-order valence-electron chi connectivity index (χ1n) is 13.4. The molecule has 0 fully saturated rings. The van der Waals surface area contributed by atoms with Crippen molar-refractivity contribution in [3.8, 4) is 11.6 Å². The second-order valence-corrected chi connectivity index (χ2v) is 11.3. The van der Waals surface area contributed by atoms with Crippen LogP contribution in [-0.4, -0.2) is 49.1 Å². The highest BCUT2D eigenvalue weighted by atomic mass is 79.9. The summed E-state index contributed by atoms with van der Waals surface area (Å²) in [6, 6.07) is 9.37. The van der Waals surface area contributed by atoms with Crippen LogP contribution in [0.25, 0.3) is 11.6 Å². The van der Waals surface area contributed by atoms with Crippen LogP contribution in [0.1, 0.15) is 61.4 Å². The Hall–Kier alpha value is -4.26. The fraction of sp³-hybridized carbons (Fsp3) is 0.300. The number of carbonyl (C=O) groups excluding carboxylic acids is 2. The number of halogens is 4. The summed E-state index contributed by atoms with van der Waals surface area (Å²) >= 11 is 2.92. The van der Waals surface area contributed by atoms with Crippen molar-refractivity contribution in [2.24, 2.45) is 0 Å². The summed E-state index contributed by atoms with van der Waals surface area (Å²) in [5, 5.41) is 7.18. The first-order valence-corrected chi connectivity index (χ1v) is 14.2. The van der Waals surface area contributed by atoms with Crippen molar-refractivity contribution >= 4 is 27.7 Å². The van der Waals surface area contributed by atoms with Gasteiger partial charge < -0.3 is 10.2 Å². The van der Waals surface area contributed by atoms with E-state index >= 15 is 0 Å². The third-order valence-corrected chi connectivity index (χ3v) is 8.52. The molecule has 224 valence electrons. The number of hydrogen-bond acceptors (Lipinski definition) is 5. The van der Waals surface area contributed by atoms with Gasteiger partial charge in [0.25, 0.3) is 17.4 Å². The summed E-state index contributed by atoms with van der Waals surface area (Å²) in [6.45, 7) is 7.26. The minimum atomic E-state index is -4.65. The van der Waals surface area contributed by atoms with Crippen LogP contribution < -0.4 is 10.9 Å². The molecule has 13 heteroatoms. The fourth-order valence-electron chi connectivity index (χ4n) is 5.16. The van der Waals surface area contributed by atoms with E-state index in [1.807, 2.05) is 20.8 Å². The lowest BCUT2D eigenvalue weighted by Crippen LogP contribution is -2.46. The number of benzene rings is 2. The van der Waals surface area contributed by atoms with E-state index in [9.17, 15) is 27.6 Å². The fourth-order valence-corrected chi connectivity index (χ4v) is 5.63. The lowest BCUT2D eigenvalue weighted by molar-refractivity contribution is -0.138. The van der Waals surface area contributed by atoms with Crippen molar-refractivity contribution in [3.05, 3.63) is 102 Å². The van der Waals surface area contributed by atoms with Gasteiger partial charge in [-0.2, -0.15) is 18.3 Å². The maximum Gasteiger partial charge on any atom is 0.417 e. The van der Waals surface area contributed by atoms with E-state index in [2.05, 4.69) is 26.3 Å². The van der Waals surface area contributed by atoms with Crippen LogP contribution in [0.5, 0.6) is 0 Å². The third-order valence-electron chi connectivity index (χ3n) is 7.83. The number of alkyl halides is 3. The van der Waals surface area contributed by atoms with E-state index in [4.69, 9.17) is 4.98 Å². The number of nitrogens with zero attached hydrogens (tertiary/aromatic N) is 5. The van der Waals surface area contributed by atoms with Crippen LogP contribution >= 0.6 is 15.9 Å². The molecule has 2 aromatic heterocycles. The van der Waals surface area contributed by atoms with Crippen LogP contribution in [0.15, 0.2) is 51.7 Å². The van der Waals surface area contributed by atoms with Gasteiger partial charge in [-0.1, -0.05) is 15.9 Å². The SMILES string of the molecule is CNC(=O)c1ccc(-n2c(-n3nc(C)c(C)c3C)nc3c(c2=O)C[C@@H](C)N(C(=O)c2ccc(Br)c(C(F)(F)F)c2)C3)cc1. The summed E-state index contributed by atoms with van der Waals surface area (Å²) in [6.07, 6.45) is -4.50. The molecular weight excluding hydrogens is 629 g/mol. The minimum Gasteiger partial charge on any atom is -0.355 e. The highest BCUT2D eigenvalue weighted by Gasteiger charge is 2.36. The molecule has 0 saturated carbocycles. The molecule has 9 nitrogen and oxygen atoms in total. The van der Waals surface area contributed by atoms with E-state index in [-0.39, 0.29) is 40.4 Å². The Balaban J connectivity index is 1.64. The molecule has 2 aromatic carbocycles. The van der Waals surface area contributed by atoms with Crippen LogP contribution in [-0.2, 0) is 19.1 Å². The largest absolute Gasteiger partial charge is 0.417 e. The molecule has 0 radical (unpaired) electrons. The van der Waals surface area contributed by atoms with Gasteiger partial charge >= 0.3 is 6.18 Å². The van der Waals surface area contributed by atoms with E-state index in [1.165, 1.54) is 28.6 Å². The second kappa shape index (κ2) is 11.1. The minimum absolute atomic E-state index is 0.0796. The smallest absolute Gasteiger partial charge is 0.355 e. The maximum absolute atomic E-state index is 14.1. The molecule has 2 amide bonds. The third kappa shape index (κ3) is 5.37. The van der Waals surface area contributed by atoms with Crippen LogP contribution in [0.3, 0.4) is 0 Å². The van der Waals surface area contributed by atoms with Gasteiger partial charge in [0.1, 0.15) is 0 Å².